The third-order valence-electron chi connectivity index (χ3n) is 3.74. The normalized spacial score (nSPS) is 19.1. The van der Waals surface area contributed by atoms with Gasteiger partial charge in [-0.1, -0.05) is 0 Å². The molecule has 0 bridgehead atoms. The third-order valence-corrected chi connectivity index (χ3v) is 3.74. The van der Waals surface area contributed by atoms with Crippen molar-refractivity contribution in [1.82, 2.24) is 10.5 Å². The Hall–Kier alpha value is -2.38. The van der Waals surface area contributed by atoms with Crippen LogP contribution in [0.5, 0.6) is 0 Å². The Balaban J connectivity index is 0.00000192. The van der Waals surface area contributed by atoms with Gasteiger partial charge in [-0.3, -0.25) is 10.2 Å². The minimum absolute atomic E-state index is 0. The summed E-state index contributed by atoms with van der Waals surface area (Å²) in [6, 6.07) is 5.77. The number of nitrogens with one attached hydrogen (secondary N) is 1. The highest BCUT2D eigenvalue weighted by Crippen LogP contribution is 2.33. The van der Waals surface area contributed by atoms with Gasteiger partial charge in [0.1, 0.15) is 5.76 Å². The zero-order valence-corrected chi connectivity index (χ0v) is 13.4. The van der Waals surface area contributed by atoms with E-state index in [2.05, 4.69) is 15.2 Å². The molecule has 2 aromatic heterocycles. The van der Waals surface area contributed by atoms with Crippen molar-refractivity contribution in [3.63, 3.8) is 0 Å². The van der Waals surface area contributed by atoms with E-state index in [-0.39, 0.29) is 24.3 Å². The number of rotatable bonds is 2. The predicted molar refractivity (Wildman–Crippen MR) is 89.1 cm³/mol. The van der Waals surface area contributed by atoms with Crippen LogP contribution in [-0.4, -0.2) is 21.9 Å². The fourth-order valence-electron chi connectivity index (χ4n) is 2.76. The fourth-order valence-corrected chi connectivity index (χ4v) is 2.76. The van der Waals surface area contributed by atoms with Crippen molar-refractivity contribution in [1.29, 1.82) is 0 Å². The van der Waals surface area contributed by atoms with Gasteiger partial charge in [-0.15, -0.1) is 17.5 Å². The summed E-state index contributed by atoms with van der Waals surface area (Å²) >= 11 is 0. The lowest BCUT2D eigenvalue weighted by Crippen LogP contribution is -2.28. The molecule has 2 aromatic rings. The highest BCUT2D eigenvalue weighted by atomic mass is 35.5. The van der Waals surface area contributed by atoms with E-state index in [1.54, 1.807) is 17.9 Å². The molecule has 1 unspecified atom stereocenters. The summed E-state index contributed by atoms with van der Waals surface area (Å²) in [4.78, 5) is 4.47. The van der Waals surface area contributed by atoms with Crippen molar-refractivity contribution in [3.05, 3.63) is 53.2 Å². The number of nitrogens with two attached hydrogens (primary N) is 1. The molecule has 3 rings (SSSR count). The number of halogens is 1. The lowest BCUT2D eigenvalue weighted by atomic mass is 9.82. The first kappa shape index (κ1) is 17.0. The van der Waals surface area contributed by atoms with Gasteiger partial charge in [-0.25, -0.2) is 5.48 Å². The molecule has 0 aliphatic heterocycles. The Bertz CT molecular complexity index is 727. The molecule has 0 amide bonds. The number of hydrogen-bond donors (Lipinski definition) is 3. The second-order valence-corrected chi connectivity index (χ2v) is 5.21. The number of hydrogen-bond acceptors (Lipinski definition) is 5. The van der Waals surface area contributed by atoms with E-state index in [0.29, 0.717) is 6.42 Å². The fraction of sp³-hybridized carbons (Fsp3) is 0.267. The first-order valence-corrected chi connectivity index (χ1v) is 6.97. The van der Waals surface area contributed by atoms with Crippen LogP contribution in [0, 0.1) is 6.92 Å². The minimum Gasteiger partial charge on any atom is -0.469 e. The molecular weight excluding hydrogens is 318 g/mol. The van der Waals surface area contributed by atoms with Crippen molar-refractivity contribution >= 4 is 24.1 Å². The second kappa shape index (κ2) is 7.26. The highest BCUT2D eigenvalue weighted by molar-refractivity contribution is 6.04. The molecule has 0 radical (unpaired) electrons. The van der Waals surface area contributed by atoms with E-state index in [0.717, 1.165) is 34.7 Å². The maximum absolute atomic E-state index is 8.71. The van der Waals surface area contributed by atoms with E-state index >= 15 is 0 Å². The minimum atomic E-state index is -0.157. The van der Waals surface area contributed by atoms with Crippen molar-refractivity contribution in [2.75, 3.05) is 0 Å². The van der Waals surface area contributed by atoms with E-state index < -0.39 is 0 Å². The molecule has 1 atom stereocenters. The van der Waals surface area contributed by atoms with Crippen molar-refractivity contribution < 1.29 is 9.62 Å². The Morgan fingerprint density at radius 3 is 2.96 bits per heavy atom. The largest absolute Gasteiger partial charge is 0.469 e. The molecule has 8 heteroatoms. The molecule has 7 nitrogen and oxygen atoms in total. The molecule has 122 valence electrons. The summed E-state index contributed by atoms with van der Waals surface area (Å²) in [5.74, 6) is 0.906. The number of guanidine groups is 1. The first-order valence-electron chi connectivity index (χ1n) is 6.97. The SMILES string of the molecule is Cc1ccnc2c1/C(=N\N=C(N)NO)CC(c1ccco1)C2.Cl. The molecular formula is C15H18ClN5O2. The molecule has 0 spiro atoms. The number of hydroxylamine groups is 1. The maximum Gasteiger partial charge on any atom is 0.237 e. The number of fused-ring (bicyclic) bond motifs is 1. The van der Waals surface area contributed by atoms with E-state index in [4.69, 9.17) is 15.4 Å². The van der Waals surface area contributed by atoms with Crippen LogP contribution in [0.15, 0.2) is 45.3 Å². The molecule has 0 saturated heterocycles. The van der Waals surface area contributed by atoms with Crippen molar-refractivity contribution in [2.45, 2.75) is 25.7 Å². The van der Waals surface area contributed by atoms with Gasteiger partial charge in [0.15, 0.2) is 0 Å². The summed E-state index contributed by atoms with van der Waals surface area (Å²) in [6.07, 6.45) is 4.93. The molecule has 2 heterocycles. The molecule has 4 N–H and O–H groups in total. The molecule has 23 heavy (non-hydrogen) atoms. The number of nitrogens with zero attached hydrogens (tertiary/aromatic N) is 3. The third kappa shape index (κ3) is 3.52. The van der Waals surface area contributed by atoms with Crippen LogP contribution in [0.2, 0.25) is 0 Å². The maximum atomic E-state index is 8.71. The summed E-state index contributed by atoms with van der Waals surface area (Å²) in [6.45, 7) is 2.01. The van der Waals surface area contributed by atoms with E-state index in [1.807, 2.05) is 25.1 Å². The number of furan rings is 1. The van der Waals surface area contributed by atoms with Crippen LogP contribution in [0.4, 0.5) is 0 Å². The molecule has 1 aliphatic rings. The second-order valence-electron chi connectivity index (χ2n) is 5.21. The van der Waals surface area contributed by atoms with Gasteiger partial charge in [-0.05, 0) is 30.7 Å². The summed E-state index contributed by atoms with van der Waals surface area (Å²) in [5.41, 5.74) is 11.0. The predicted octanol–water partition coefficient (Wildman–Crippen LogP) is 2.13. The summed E-state index contributed by atoms with van der Waals surface area (Å²) in [5, 5.41) is 16.7. The Labute approximate surface area is 139 Å². The van der Waals surface area contributed by atoms with Gasteiger partial charge < -0.3 is 10.2 Å². The van der Waals surface area contributed by atoms with Crippen LogP contribution in [-0.2, 0) is 6.42 Å². The standard InChI is InChI=1S/C15H17N5O2.ClH/c1-9-4-5-17-11-7-10(13-3-2-6-22-13)8-12(14(9)11)18-19-15(16)20-21;/h2-6,10,21H,7-8H2,1H3,(H3,16,19,20);1H/b18-12-;. The Kier molecular flexibility index (Phi) is 5.36. The summed E-state index contributed by atoms with van der Waals surface area (Å²) in [7, 11) is 0. The Morgan fingerprint density at radius 1 is 1.43 bits per heavy atom. The van der Waals surface area contributed by atoms with Gasteiger partial charge in [0.25, 0.3) is 0 Å². The highest BCUT2D eigenvalue weighted by Gasteiger charge is 2.28. The van der Waals surface area contributed by atoms with Crippen molar-refractivity contribution in [2.24, 2.45) is 15.9 Å². The van der Waals surface area contributed by atoms with Crippen LogP contribution in [0.1, 0.15) is 34.9 Å². The smallest absolute Gasteiger partial charge is 0.237 e. The topological polar surface area (TPSA) is 109 Å². The van der Waals surface area contributed by atoms with Gasteiger partial charge in [0, 0.05) is 30.5 Å². The zero-order valence-electron chi connectivity index (χ0n) is 12.6. The van der Waals surface area contributed by atoms with Gasteiger partial charge in [0.2, 0.25) is 5.96 Å². The van der Waals surface area contributed by atoms with Crippen LogP contribution in [0.3, 0.4) is 0 Å². The molecule has 0 saturated carbocycles. The lowest BCUT2D eigenvalue weighted by molar-refractivity contribution is 0.232. The van der Waals surface area contributed by atoms with E-state index in [1.165, 1.54) is 0 Å². The first-order chi connectivity index (χ1) is 10.7. The van der Waals surface area contributed by atoms with Crippen molar-refractivity contribution in [3.8, 4) is 0 Å². The average Bonchev–Trinajstić information content (AvgIpc) is 3.06. The van der Waals surface area contributed by atoms with Gasteiger partial charge in [0.05, 0.1) is 17.7 Å². The number of aromatic nitrogens is 1. The average molecular weight is 336 g/mol. The zero-order chi connectivity index (χ0) is 15.5. The summed E-state index contributed by atoms with van der Waals surface area (Å²) < 4.78 is 5.52. The molecule has 0 fully saturated rings. The van der Waals surface area contributed by atoms with Gasteiger partial charge in [-0.2, -0.15) is 5.10 Å². The van der Waals surface area contributed by atoms with Crippen LogP contribution in [0.25, 0.3) is 0 Å². The lowest BCUT2D eigenvalue weighted by Gasteiger charge is -2.24. The molecule has 1 aliphatic carbocycles. The number of pyridine rings is 1. The monoisotopic (exact) mass is 335 g/mol. The molecule has 0 aromatic carbocycles. The van der Waals surface area contributed by atoms with Crippen LogP contribution >= 0.6 is 12.4 Å². The Morgan fingerprint density at radius 2 is 2.26 bits per heavy atom. The van der Waals surface area contributed by atoms with Gasteiger partial charge >= 0.3 is 0 Å². The van der Waals surface area contributed by atoms with E-state index in [9.17, 15) is 0 Å². The quantitative estimate of drug-likeness (QED) is 0.442. The van der Waals surface area contributed by atoms with Crippen LogP contribution < -0.4 is 11.2 Å². The number of aryl methyl sites for hydroxylation is 1.